The lowest BCUT2D eigenvalue weighted by Gasteiger charge is -2.22. The Morgan fingerprint density at radius 1 is 1.05 bits per heavy atom. The number of halogens is 6. The van der Waals surface area contributed by atoms with Crippen molar-refractivity contribution in [1.82, 2.24) is 20.1 Å². The van der Waals surface area contributed by atoms with E-state index >= 15 is 0 Å². The van der Waals surface area contributed by atoms with Crippen LogP contribution in [0.5, 0.6) is 0 Å². The van der Waals surface area contributed by atoms with Crippen LogP contribution >= 0.6 is 0 Å². The largest absolute Gasteiger partial charge is 0.435 e. The van der Waals surface area contributed by atoms with Crippen molar-refractivity contribution in [2.75, 3.05) is 0 Å². The number of rotatable bonds is 8. The van der Waals surface area contributed by atoms with Crippen LogP contribution in [0.3, 0.4) is 0 Å². The van der Waals surface area contributed by atoms with Crippen molar-refractivity contribution >= 4 is 17.6 Å². The van der Waals surface area contributed by atoms with E-state index in [4.69, 9.17) is 5.73 Å². The van der Waals surface area contributed by atoms with Crippen LogP contribution in [0.1, 0.15) is 61.7 Å². The SMILES string of the molecule is NC(=O)c1cc(-c2cccnc2C(Cc2cc(F)cc(F)c2)NC(=O)Cn2nc(C(F)(F)F)c3c2C2C[C@@H]2C3=O)ccc1F. The lowest BCUT2D eigenvalue weighted by molar-refractivity contribution is -0.142. The standard InChI is InChI=1S/C30H21F6N5O3/c31-15-6-13(7-16(32)10-15)8-22(25-17(2-1-5-38-25)14-3-4-21(33)20(9-14)29(37)44)39-23(42)12-41-26-18-11-19(18)27(43)24(26)28(40-41)30(34,35)36/h1-7,9-10,18-19,22H,8,11-12H2,(H2,37,44)(H,39,42)/t18?,19-,22?/m0/s1. The smallest absolute Gasteiger partial charge is 0.366 e. The number of alkyl halides is 3. The van der Waals surface area contributed by atoms with Gasteiger partial charge in [0.05, 0.1) is 28.6 Å². The van der Waals surface area contributed by atoms with Crippen LogP contribution in [0.25, 0.3) is 11.1 Å². The molecule has 0 radical (unpaired) electrons. The van der Waals surface area contributed by atoms with E-state index in [2.05, 4.69) is 15.4 Å². The van der Waals surface area contributed by atoms with Gasteiger partial charge in [0.1, 0.15) is 24.0 Å². The molecule has 2 aliphatic carbocycles. The molecule has 4 aromatic rings. The van der Waals surface area contributed by atoms with Crippen LogP contribution in [-0.4, -0.2) is 32.4 Å². The molecule has 3 atom stereocenters. The second-order valence-electron chi connectivity index (χ2n) is 10.7. The van der Waals surface area contributed by atoms with Gasteiger partial charge in [0.25, 0.3) is 5.91 Å². The Hall–Kier alpha value is -5.01. The summed E-state index contributed by atoms with van der Waals surface area (Å²) in [4.78, 5) is 42.0. The molecule has 0 bridgehead atoms. The highest BCUT2D eigenvalue weighted by Crippen LogP contribution is 2.58. The zero-order chi connectivity index (χ0) is 31.5. The van der Waals surface area contributed by atoms with Gasteiger partial charge >= 0.3 is 6.18 Å². The molecule has 226 valence electrons. The molecule has 3 N–H and O–H groups in total. The first kappa shape index (κ1) is 29.1. The van der Waals surface area contributed by atoms with Crippen molar-refractivity contribution < 1.29 is 40.7 Å². The third kappa shape index (κ3) is 5.31. The number of nitrogens with one attached hydrogen (secondary N) is 1. The van der Waals surface area contributed by atoms with Gasteiger partial charge < -0.3 is 11.1 Å². The molecule has 2 amide bonds. The maximum Gasteiger partial charge on any atom is 0.435 e. The molecule has 2 unspecified atom stereocenters. The number of nitrogens with two attached hydrogens (primary N) is 1. The fourth-order valence-electron chi connectivity index (χ4n) is 5.76. The van der Waals surface area contributed by atoms with E-state index in [0.29, 0.717) is 18.1 Å². The third-order valence-electron chi connectivity index (χ3n) is 7.69. The minimum Gasteiger partial charge on any atom is -0.366 e. The number of hydrogen-bond donors (Lipinski definition) is 2. The molecular formula is C30H21F6N5O3. The number of ketones is 1. The van der Waals surface area contributed by atoms with Crippen LogP contribution in [0.4, 0.5) is 26.3 Å². The van der Waals surface area contributed by atoms with E-state index in [1.165, 1.54) is 24.4 Å². The van der Waals surface area contributed by atoms with Crippen LogP contribution in [0.2, 0.25) is 0 Å². The van der Waals surface area contributed by atoms with E-state index in [1.807, 2.05) is 0 Å². The summed E-state index contributed by atoms with van der Waals surface area (Å²) >= 11 is 0. The second kappa shape index (κ2) is 10.6. The Balaban J connectivity index is 1.37. The number of nitrogens with zero attached hydrogens (tertiary/aromatic N) is 3. The summed E-state index contributed by atoms with van der Waals surface area (Å²) in [5.41, 5.74) is 3.92. The van der Waals surface area contributed by atoms with Crippen molar-refractivity contribution in [2.24, 2.45) is 11.7 Å². The molecule has 2 aromatic heterocycles. The molecule has 14 heteroatoms. The second-order valence-corrected chi connectivity index (χ2v) is 10.7. The summed E-state index contributed by atoms with van der Waals surface area (Å²) in [7, 11) is 0. The zero-order valence-corrected chi connectivity index (χ0v) is 22.5. The zero-order valence-electron chi connectivity index (χ0n) is 22.5. The maximum absolute atomic E-state index is 14.2. The minimum absolute atomic E-state index is 0.0510. The van der Waals surface area contributed by atoms with Crippen LogP contribution in [0, 0.1) is 23.4 Å². The highest BCUT2D eigenvalue weighted by Gasteiger charge is 2.58. The predicted octanol–water partition coefficient (Wildman–Crippen LogP) is 4.88. The summed E-state index contributed by atoms with van der Waals surface area (Å²) in [6.45, 7) is -0.687. The number of benzene rings is 2. The number of aromatic nitrogens is 3. The fourth-order valence-corrected chi connectivity index (χ4v) is 5.76. The maximum atomic E-state index is 14.2. The monoisotopic (exact) mass is 613 g/mol. The number of carbonyl (C=O) groups excluding carboxylic acids is 3. The van der Waals surface area contributed by atoms with E-state index in [1.54, 1.807) is 6.07 Å². The molecule has 2 aliphatic rings. The van der Waals surface area contributed by atoms with Crippen molar-refractivity contribution in [3.63, 3.8) is 0 Å². The Labute approximate surface area is 244 Å². The van der Waals surface area contributed by atoms with Gasteiger partial charge in [0, 0.05) is 29.7 Å². The molecule has 0 aliphatic heterocycles. The Bertz CT molecular complexity index is 1830. The third-order valence-corrected chi connectivity index (χ3v) is 7.69. The molecule has 2 aromatic carbocycles. The summed E-state index contributed by atoms with van der Waals surface area (Å²) in [6, 6.07) is 8.27. The molecule has 0 saturated heterocycles. The molecule has 1 saturated carbocycles. The van der Waals surface area contributed by atoms with Gasteiger partial charge in [-0.1, -0.05) is 12.1 Å². The van der Waals surface area contributed by atoms with Crippen LogP contribution in [-0.2, 0) is 23.9 Å². The van der Waals surface area contributed by atoms with Crippen molar-refractivity contribution in [2.45, 2.75) is 37.5 Å². The highest BCUT2D eigenvalue weighted by molar-refractivity contribution is 6.06. The van der Waals surface area contributed by atoms with Crippen molar-refractivity contribution in [3.05, 3.63) is 106 Å². The van der Waals surface area contributed by atoms with Crippen molar-refractivity contribution in [3.8, 4) is 11.1 Å². The number of Topliss-reactive ketones (excluding diaryl/α,β-unsaturated/α-hetero) is 1. The van der Waals surface area contributed by atoms with E-state index in [9.17, 15) is 40.7 Å². The number of pyridine rings is 1. The van der Waals surface area contributed by atoms with Gasteiger partial charge in [0.15, 0.2) is 11.5 Å². The minimum atomic E-state index is -4.91. The average molecular weight is 614 g/mol. The summed E-state index contributed by atoms with van der Waals surface area (Å²) in [5, 5.41) is 6.24. The van der Waals surface area contributed by atoms with E-state index in [-0.39, 0.29) is 28.9 Å². The van der Waals surface area contributed by atoms with Gasteiger partial charge in [-0.2, -0.15) is 18.3 Å². The van der Waals surface area contributed by atoms with Gasteiger partial charge in [-0.05, 0) is 54.3 Å². The average Bonchev–Trinajstić information content (AvgIpc) is 3.56. The highest BCUT2D eigenvalue weighted by atomic mass is 19.4. The van der Waals surface area contributed by atoms with Gasteiger partial charge in [-0.15, -0.1) is 0 Å². The molecular weight excluding hydrogens is 592 g/mol. The van der Waals surface area contributed by atoms with Crippen LogP contribution < -0.4 is 11.1 Å². The van der Waals surface area contributed by atoms with Gasteiger partial charge in [0.2, 0.25) is 5.91 Å². The normalized spacial score (nSPS) is 17.6. The fraction of sp³-hybridized carbons (Fsp3) is 0.233. The number of fused-ring (bicyclic) bond motifs is 3. The summed E-state index contributed by atoms with van der Waals surface area (Å²) in [6.07, 6.45) is -3.39. The molecule has 2 heterocycles. The number of carbonyl (C=O) groups is 3. The topological polar surface area (TPSA) is 120 Å². The molecule has 1 fully saturated rings. The van der Waals surface area contributed by atoms with Gasteiger partial charge in [-0.25, -0.2) is 13.2 Å². The van der Waals surface area contributed by atoms with E-state index in [0.717, 1.165) is 22.9 Å². The molecule has 44 heavy (non-hydrogen) atoms. The summed E-state index contributed by atoms with van der Waals surface area (Å²) < 4.78 is 84.4. The quantitative estimate of drug-likeness (QED) is 0.275. The molecule has 6 rings (SSSR count). The first-order chi connectivity index (χ1) is 20.8. The number of primary amides is 1. The Kier molecular flexibility index (Phi) is 7.01. The first-order valence-electron chi connectivity index (χ1n) is 13.3. The molecule has 8 nitrogen and oxygen atoms in total. The Morgan fingerprint density at radius 3 is 2.45 bits per heavy atom. The number of hydrogen-bond acceptors (Lipinski definition) is 5. The lowest BCUT2D eigenvalue weighted by atomic mass is 9.94. The van der Waals surface area contributed by atoms with Gasteiger partial charge in [-0.3, -0.25) is 24.0 Å². The van der Waals surface area contributed by atoms with Crippen molar-refractivity contribution in [1.29, 1.82) is 0 Å². The summed E-state index contributed by atoms with van der Waals surface area (Å²) in [5.74, 6) is -6.16. The lowest BCUT2D eigenvalue weighted by Crippen LogP contribution is -2.34. The molecule has 0 spiro atoms. The number of amides is 2. The Morgan fingerprint density at radius 2 is 1.77 bits per heavy atom. The predicted molar refractivity (Wildman–Crippen MR) is 142 cm³/mol. The first-order valence-corrected chi connectivity index (χ1v) is 13.3. The van der Waals surface area contributed by atoms with Crippen LogP contribution in [0.15, 0.2) is 54.7 Å². The van der Waals surface area contributed by atoms with E-state index < -0.39 is 82.5 Å².